The van der Waals surface area contributed by atoms with E-state index in [1.807, 2.05) is 6.92 Å². The van der Waals surface area contributed by atoms with Gasteiger partial charge in [0.2, 0.25) is 11.8 Å². The normalized spacial score (nSPS) is 19.5. The molecule has 0 amide bonds. The molecule has 1 heterocycles. The monoisotopic (exact) mass is 166 g/mol. The van der Waals surface area contributed by atoms with Crippen LogP contribution in [0.3, 0.4) is 0 Å². The topological polar surface area (TPSA) is 38.9 Å². The number of nitrogens with zero attached hydrogens (tertiary/aromatic N) is 2. The lowest BCUT2D eigenvalue weighted by Crippen LogP contribution is -2.05. The van der Waals surface area contributed by atoms with E-state index < -0.39 is 0 Å². The second kappa shape index (κ2) is 2.57. The summed E-state index contributed by atoms with van der Waals surface area (Å²) in [7, 11) is 0. The van der Waals surface area contributed by atoms with Crippen LogP contribution in [0.1, 0.15) is 44.4 Å². The fourth-order valence-corrected chi connectivity index (χ4v) is 1.71. The van der Waals surface area contributed by atoms with Crippen molar-refractivity contribution in [1.82, 2.24) is 10.2 Å². The van der Waals surface area contributed by atoms with Gasteiger partial charge in [-0.15, -0.1) is 10.2 Å². The summed E-state index contributed by atoms with van der Waals surface area (Å²) < 4.78 is 5.44. The van der Waals surface area contributed by atoms with E-state index in [9.17, 15) is 0 Å². The maximum Gasteiger partial charge on any atom is 0.222 e. The van der Waals surface area contributed by atoms with Crippen LogP contribution in [-0.4, -0.2) is 10.2 Å². The fraction of sp³-hybridized carbons (Fsp3) is 0.778. The third-order valence-corrected chi connectivity index (χ3v) is 2.56. The van der Waals surface area contributed by atoms with Gasteiger partial charge in [-0.05, 0) is 19.3 Å². The Hall–Kier alpha value is -0.860. The van der Waals surface area contributed by atoms with Gasteiger partial charge in [-0.25, -0.2) is 0 Å². The molecule has 3 heteroatoms. The van der Waals surface area contributed by atoms with Crippen molar-refractivity contribution in [3.05, 3.63) is 11.8 Å². The highest BCUT2D eigenvalue weighted by molar-refractivity contribution is 5.14. The van der Waals surface area contributed by atoms with Crippen molar-refractivity contribution in [2.75, 3.05) is 0 Å². The molecule has 12 heavy (non-hydrogen) atoms. The smallest absolute Gasteiger partial charge is 0.222 e. The van der Waals surface area contributed by atoms with E-state index in [2.05, 4.69) is 17.1 Å². The number of rotatable bonds is 3. The zero-order valence-electron chi connectivity index (χ0n) is 7.63. The van der Waals surface area contributed by atoms with Crippen LogP contribution in [0.2, 0.25) is 0 Å². The Bertz CT molecular complexity index is 276. The Morgan fingerprint density at radius 2 is 2.17 bits per heavy atom. The van der Waals surface area contributed by atoms with Crippen LogP contribution >= 0.6 is 0 Å². The van der Waals surface area contributed by atoms with E-state index in [0.29, 0.717) is 5.89 Å². The average Bonchev–Trinajstić information content (AvgIpc) is 2.69. The summed E-state index contributed by atoms with van der Waals surface area (Å²) in [4.78, 5) is 0. The van der Waals surface area contributed by atoms with Gasteiger partial charge >= 0.3 is 0 Å². The van der Waals surface area contributed by atoms with E-state index >= 15 is 0 Å². The second-order valence-electron chi connectivity index (χ2n) is 3.66. The molecule has 0 radical (unpaired) electrons. The second-order valence-corrected chi connectivity index (χ2v) is 3.66. The highest BCUT2D eigenvalue weighted by atomic mass is 16.4. The van der Waals surface area contributed by atoms with E-state index in [-0.39, 0.29) is 5.41 Å². The van der Waals surface area contributed by atoms with Crippen molar-refractivity contribution < 1.29 is 4.42 Å². The van der Waals surface area contributed by atoms with Crippen LogP contribution < -0.4 is 0 Å². The van der Waals surface area contributed by atoms with Gasteiger partial charge in [0.1, 0.15) is 0 Å². The van der Waals surface area contributed by atoms with E-state index in [0.717, 1.165) is 5.89 Å². The average molecular weight is 166 g/mol. The Morgan fingerprint density at radius 3 is 2.58 bits per heavy atom. The molecule has 0 aromatic carbocycles. The summed E-state index contributed by atoms with van der Waals surface area (Å²) in [5.74, 6) is 1.55. The first kappa shape index (κ1) is 7.77. The van der Waals surface area contributed by atoms with Crippen molar-refractivity contribution in [3.8, 4) is 0 Å². The summed E-state index contributed by atoms with van der Waals surface area (Å²) in [5, 5.41) is 7.94. The molecule has 3 nitrogen and oxygen atoms in total. The minimum absolute atomic E-state index is 0.274. The predicted octanol–water partition coefficient (Wildman–Crippen LogP) is 2.21. The van der Waals surface area contributed by atoms with Crippen molar-refractivity contribution in [1.29, 1.82) is 0 Å². The van der Waals surface area contributed by atoms with Crippen molar-refractivity contribution in [2.45, 2.75) is 44.9 Å². The highest BCUT2D eigenvalue weighted by Gasteiger charge is 2.47. The largest absolute Gasteiger partial charge is 0.425 e. The Labute approximate surface area is 72.2 Å². The zero-order valence-corrected chi connectivity index (χ0v) is 7.63. The van der Waals surface area contributed by atoms with Crippen LogP contribution in [-0.2, 0) is 5.41 Å². The van der Waals surface area contributed by atoms with Gasteiger partial charge in [0.05, 0.1) is 0 Å². The van der Waals surface area contributed by atoms with Gasteiger partial charge in [0, 0.05) is 12.3 Å². The molecule has 66 valence electrons. The quantitative estimate of drug-likeness (QED) is 0.691. The first-order chi connectivity index (χ1) is 5.77. The first-order valence-corrected chi connectivity index (χ1v) is 4.57. The molecule has 1 aliphatic carbocycles. The van der Waals surface area contributed by atoms with Crippen LogP contribution in [0, 0.1) is 6.92 Å². The van der Waals surface area contributed by atoms with Gasteiger partial charge in [-0.3, -0.25) is 0 Å². The zero-order chi connectivity index (χ0) is 8.60. The third kappa shape index (κ3) is 1.13. The number of hydrogen-bond donors (Lipinski definition) is 0. The van der Waals surface area contributed by atoms with Crippen LogP contribution in [0.4, 0.5) is 0 Å². The van der Waals surface area contributed by atoms with Crippen molar-refractivity contribution in [2.24, 2.45) is 0 Å². The summed E-state index contributed by atoms with van der Waals surface area (Å²) in [5.41, 5.74) is 0.274. The molecule has 1 saturated carbocycles. The summed E-state index contributed by atoms with van der Waals surface area (Å²) in [6.07, 6.45) is 4.83. The van der Waals surface area contributed by atoms with Gasteiger partial charge in [0.15, 0.2) is 0 Å². The van der Waals surface area contributed by atoms with E-state index in [1.165, 1.54) is 25.7 Å². The van der Waals surface area contributed by atoms with Gasteiger partial charge in [-0.1, -0.05) is 13.3 Å². The maximum absolute atomic E-state index is 5.44. The van der Waals surface area contributed by atoms with Crippen LogP contribution in [0.5, 0.6) is 0 Å². The first-order valence-electron chi connectivity index (χ1n) is 4.57. The number of aromatic nitrogens is 2. The molecule has 0 N–H and O–H groups in total. The highest BCUT2D eigenvalue weighted by Crippen LogP contribution is 2.50. The molecule has 0 bridgehead atoms. The van der Waals surface area contributed by atoms with Gasteiger partial charge in [-0.2, -0.15) is 0 Å². The molecule has 0 saturated heterocycles. The van der Waals surface area contributed by atoms with E-state index in [1.54, 1.807) is 0 Å². The SMILES string of the molecule is CCCC1(c2nnc(C)o2)CC1. The summed E-state index contributed by atoms with van der Waals surface area (Å²) in [6, 6.07) is 0. The maximum atomic E-state index is 5.44. The molecular weight excluding hydrogens is 152 g/mol. The molecule has 0 unspecified atom stereocenters. The molecular formula is C9H14N2O. The van der Waals surface area contributed by atoms with E-state index in [4.69, 9.17) is 4.42 Å². The van der Waals surface area contributed by atoms with Crippen molar-refractivity contribution in [3.63, 3.8) is 0 Å². The molecule has 2 rings (SSSR count). The minimum atomic E-state index is 0.274. The molecule has 0 atom stereocenters. The standard InChI is InChI=1S/C9H14N2O/c1-3-4-9(5-6-9)8-11-10-7(2)12-8/h3-6H2,1-2H3. The molecule has 1 fully saturated rings. The number of hydrogen-bond acceptors (Lipinski definition) is 3. The summed E-state index contributed by atoms with van der Waals surface area (Å²) in [6.45, 7) is 4.04. The molecule has 0 spiro atoms. The lowest BCUT2D eigenvalue weighted by molar-refractivity contribution is 0.401. The van der Waals surface area contributed by atoms with Gasteiger partial charge < -0.3 is 4.42 Å². The predicted molar refractivity (Wildman–Crippen MR) is 44.9 cm³/mol. The Kier molecular flexibility index (Phi) is 1.67. The number of aryl methyl sites for hydroxylation is 1. The van der Waals surface area contributed by atoms with Gasteiger partial charge in [0.25, 0.3) is 0 Å². The van der Waals surface area contributed by atoms with Crippen LogP contribution in [0.25, 0.3) is 0 Å². The lowest BCUT2D eigenvalue weighted by atomic mass is 10.0. The molecule has 1 aromatic rings. The third-order valence-electron chi connectivity index (χ3n) is 2.56. The minimum Gasteiger partial charge on any atom is -0.425 e. The summed E-state index contributed by atoms with van der Waals surface area (Å²) >= 11 is 0. The lowest BCUT2D eigenvalue weighted by Gasteiger charge is -2.06. The molecule has 1 aromatic heterocycles. The Morgan fingerprint density at radius 1 is 1.42 bits per heavy atom. The molecule has 1 aliphatic rings. The fourth-order valence-electron chi connectivity index (χ4n) is 1.71. The molecule has 0 aliphatic heterocycles. The van der Waals surface area contributed by atoms with Crippen molar-refractivity contribution >= 4 is 0 Å². The Balaban J connectivity index is 2.18. The van der Waals surface area contributed by atoms with Crippen LogP contribution in [0.15, 0.2) is 4.42 Å².